The molecule has 8 nitrogen and oxygen atoms in total. The number of esters is 2. The van der Waals surface area contributed by atoms with Gasteiger partial charge in [0.25, 0.3) is 5.91 Å². The minimum Gasteiger partial charge on any atom is -0.465 e. The second-order valence-electron chi connectivity index (χ2n) is 7.15. The van der Waals surface area contributed by atoms with E-state index in [1.165, 1.54) is 19.2 Å². The van der Waals surface area contributed by atoms with Gasteiger partial charge in [-0.1, -0.05) is 19.1 Å². The molecule has 2 aromatic carbocycles. The topological polar surface area (TPSA) is 102 Å². The van der Waals surface area contributed by atoms with Crippen LogP contribution in [0.2, 0.25) is 0 Å². The van der Waals surface area contributed by atoms with Gasteiger partial charge < -0.3 is 19.7 Å². The first kappa shape index (κ1) is 22.0. The van der Waals surface area contributed by atoms with Crippen molar-refractivity contribution >= 4 is 35.1 Å². The lowest BCUT2D eigenvalue weighted by molar-refractivity contribution is -0.151. The van der Waals surface area contributed by atoms with Gasteiger partial charge in [0.2, 0.25) is 5.91 Å². The van der Waals surface area contributed by atoms with Crippen molar-refractivity contribution in [2.45, 2.75) is 19.8 Å². The van der Waals surface area contributed by atoms with Crippen molar-refractivity contribution in [3.8, 4) is 0 Å². The molecule has 1 saturated heterocycles. The number of hydrogen-bond acceptors (Lipinski definition) is 6. The van der Waals surface area contributed by atoms with Crippen molar-refractivity contribution in [3.05, 3.63) is 59.7 Å². The van der Waals surface area contributed by atoms with Crippen LogP contribution in [-0.4, -0.2) is 44.0 Å². The van der Waals surface area contributed by atoms with Gasteiger partial charge in [-0.15, -0.1) is 0 Å². The normalized spacial score (nSPS) is 15.5. The Bertz CT molecular complexity index is 969. The van der Waals surface area contributed by atoms with Gasteiger partial charge in [0.05, 0.1) is 18.6 Å². The smallest absolute Gasteiger partial charge is 0.337 e. The zero-order valence-electron chi connectivity index (χ0n) is 17.4. The number of ether oxygens (including phenoxy) is 2. The van der Waals surface area contributed by atoms with E-state index < -0.39 is 30.4 Å². The predicted molar refractivity (Wildman–Crippen MR) is 114 cm³/mol. The lowest BCUT2D eigenvalue weighted by atomic mass is 10.1. The molecule has 1 atom stereocenters. The Morgan fingerprint density at radius 2 is 1.74 bits per heavy atom. The molecule has 1 aliphatic heterocycles. The van der Waals surface area contributed by atoms with Gasteiger partial charge in [0.15, 0.2) is 6.61 Å². The van der Waals surface area contributed by atoms with Crippen LogP contribution >= 0.6 is 0 Å². The van der Waals surface area contributed by atoms with Crippen molar-refractivity contribution in [2.75, 3.05) is 30.5 Å². The molecule has 3 rings (SSSR count). The van der Waals surface area contributed by atoms with Crippen LogP contribution in [0.4, 0.5) is 11.4 Å². The van der Waals surface area contributed by atoms with Crippen LogP contribution in [0.1, 0.15) is 29.3 Å². The number of nitrogens with one attached hydrogen (secondary N) is 1. The molecule has 1 N–H and O–H groups in total. The van der Waals surface area contributed by atoms with Crippen LogP contribution in [0, 0.1) is 5.92 Å². The molecule has 0 aliphatic carbocycles. The molecule has 1 heterocycles. The third-order valence-corrected chi connectivity index (χ3v) is 5.05. The zero-order chi connectivity index (χ0) is 22.4. The summed E-state index contributed by atoms with van der Waals surface area (Å²) in [7, 11) is 1.28. The van der Waals surface area contributed by atoms with Crippen LogP contribution in [-0.2, 0) is 30.3 Å². The SMILES string of the molecule is CCc1ccc(N2C[C@H](C(=O)OCC(=O)Nc3ccc(C(=O)OC)cc3)CC2=O)cc1. The number of carbonyl (C=O) groups is 4. The maximum absolute atomic E-state index is 12.3. The molecule has 8 heteroatoms. The number of methoxy groups -OCH3 is 1. The van der Waals surface area contributed by atoms with Crippen LogP contribution in [0.15, 0.2) is 48.5 Å². The maximum atomic E-state index is 12.3. The molecular weight excluding hydrogens is 400 g/mol. The standard InChI is InChI=1S/C23H24N2O6/c1-3-15-4-10-19(11-5-15)25-13-17(12-21(25)27)23(29)31-14-20(26)24-18-8-6-16(7-9-18)22(28)30-2/h4-11,17H,3,12-14H2,1-2H3,(H,24,26)/t17-/m1/s1. The van der Waals surface area contributed by atoms with Crippen molar-refractivity contribution in [1.82, 2.24) is 0 Å². The van der Waals surface area contributed by atoms with Crippen LogP contribution in [0.5, 0.6) is 0 Å². The van der Waals surface area contributed by atoms with Crippen LogP contribution < -0.4 is 10.2 Å². The highest BCUT2D eigenvalue weighted by Gasteiger charge is 2.36. The zero-order valence-corrected chi connectivity index (χ0v) is 17.4. The third-order valence-electron chi connectivity index (χ3n) is 5.05. The quantitative estimate of drug-likeness (QED) is 0.686. The fourth-order valence-corrected chi connectivity index (χ4v) is 3.29. The van der Waals surface area contributed by atoms with E-state index in [1.807, 2.05) is 24.3 Å². The highest BCUT2D eigenvalue weighted by Crippen LogP contribution is 2.26. The Balaban J connectivity index is 1.49. The van der Waals surface area contributed by atoms with Crippen molar-refractivity contribution in [3.63, 3.8) is 0 Å². The van der Waals surface area contributed by atoms with Gasteiger partial charge in [-0.2, -0.15) is 0 Å². The number of aryl methyl sites for hydroxylation is 1. The average Bonchev–Trinajstić information content (AvgIpc) is 3.19. The van der Waals surface area contributed by atoms with E-state index >= 15 is 0 Å². The first-order valence-corrected chi connectivity index (χ1v) is 9.95. The van der Waals surface area contributed by atoms with E-state index in [0.717, 1.165) is 17.7 Å². The minimum atomic E-state index is -0.620. The summed E-state index contributed by atoms with van der Waals surface area (Å²) in [5.41, 5.74) is 2.71. The molecule has 162 valence electrons. The molecule has 0 aromatic heterocycles. The molecule has 0 bridgehead atoms. The Morgan fingerprint density at radius 3 is 2.35 bits per heavy atom. The second kappa shape index (κ2) is 9.88. The van der Waals surface area contributed by atoms with Crippen LogP contribution in [0.25, 0.3) is 0 Å². The lowest BCUT2D eigenvalue weighted by Crippen LogP contribution is -2.28. The van der Waals surface area contributed by atoms with E-state index in [0.29, 0.717) is 11.3 Å². The summed E-state index contributed by atoms with van der Waals surface area (Å²) in [5.74, 6) is -2.35. The number of anilines is 2. The number of amides is 2. The minimum absolute atomic E-state index is 0.0466. The third kappa shape index (κ3) is 5.48. The van der Waals surface area contributed by atoms with E-state index in [9.17, 15) is 19.2 Å². The van der Waals surface area contributed by atoms with Gasteiger partial charge >= 0.3 is 11.9 Å². The van der Waals surface area contributed by atoms with E-state index in [-0.39, 0.29) is 18.9 Å². The monoisotopic (exact) mass is 424 g/mol. The van der Waals surface area contributed by atoms with Gasteiger partial charge in [-0.3, -0.25) is 14.4 Å². The summed E-state index contributed by atoms with van der Waals surface area (Å²) >= 11 is 0. The molecule has 0 radical (unpaired) electrons. The molecule has 31 heavy (non-hydrogen) atoms. The average molecular weight is 424 g/mol. The summed E-state index contributed by atoms with van der Waals surface area (Å²) in [6, 6.07) is 13.8. The molecule has 0 spiro atoms. The highest BCUT2D eigenvalue weighted by molar-refractivity contribution is 6.00. The number of benzene rings is 2. The number of nitrogens with zero attached hydrogens (tertiary/aromatic N) is 1. The van der Waals surface area contributed by atoms with Gasteiger partial charge in [-0.25, -0.2) is 4.79 Å². The second-order valence-corrected chi connectivity index (χ2v) is 7.15. The molecule has 1 fully saturated rings. The first-order chi connectivity index (χ1) is 14.9. The Labute approximate surface area is 180 Å². The summed E-state index contributed by atoms with van der Waals surface area (Å²) in [6.07, 6.45) is 0.950. The van der Waals surface area contributed by atoms with Crippen molar-refractivity contribution in [1.29, 1.82) is 0 Å². The summed E-state index contributed by atoms with van der Waals surface area (Å²) in [6.45, 7) is 1.81. The van der Waals surface area contributed by atoms with Gasteiger partial charge in [0.1, 0.15) is 0 Å². The molecule has 0 unspecified atom stereocenters. The van der Waals surface area contributed by atoms with Crippen molar-refractivity contribution in [2.24, 2.45) is 5.92 Å². The van der Waals surface area contributed by atoms with E-state index in [2.05, 4.69) is 17.0 Å². The molecule has 0 saturated carbocycles. The summed E-state index contributed by atoms with van der Waals surface area (Å²) in [4.78, 5) is 49.7. The fraction of sp³-hybridized carbons (Fsp3) is 0.304. The predicted octanol–water partition coefficient (Wildman–Crippen LogP) is 2.57. The van der Waals surface area contributed by atoms with Gasteiger partial charge in [0, 0.05) is 24.3 Å². The number of carbonyl (C=O) groups excluding carboxylic acids is 4. The van der Waals surface area contributed by atoms with Crippen molar-refractivity contribution < 1.29 is 28.7 Å². The largest absolute Gasteiger partial charge is 0.465 e. The molecule has 2 aromatic rings. The Morgan fingerprint density at radius 1 is 1.06 bits per heavy atom. The fourth-order valence-electron chi connectivity index (χ4n) is 3.29. The highest BCUT2D eigenvalue weighted by atomic mass is 16.5. The number of hydrogen-bond donors (Lipinski definition) is 1. The Hall–Kier alpha value is -3.68. The van der Waals surface area contributed by atoms with Gasteiger partial charge in [-0.05, 0) is 48.4 Å². The summed E-state index contributed by atoms with van der Waals surface area (Å²) < 4.78 is 9.72. The van der Waals surface area contributed by atoms with E-state index in [1.54, 1.807) is 17.0 Å². The molecule has 1 aliphatic rings. The lowest BCUT2D eigenvalue weighted by Gasteiger charge is -2.17. The number of rotatable bonds is 7. The Kier molecular flexibility index (Phi) is 7.02. The van der Waals surface area contributed by atoms with Crippen LogP contribution in [0.3, 0.4) is 0 Å². The summed E-state index contributed by atoms with van der Waals surface area (Å²) in [5, 5.41) is 2.58. The molecular formula is C23H24N2O6. The van der Waals surface area contributed by atoms with E-state index in [4.69, 9.17) is 4.74 Å². The first-order valence-electron chi connectivity index (χ1n) is 9.95. The molecule has 2 amide bonds. The maximum Gasteiger partial charge on any atom is 0.337 e.